The van der Waals surface area contributed by atoms with Gasteiger partial charge < -0.3 is 10.1 Å². The molecule has 1 aromatic rings. The summed E-state index contributed by atoms with van der Waals surface area (Å²) in [6, 6.07) is 9.08. The van der Waals surface area contributed by atoms with Crippen molar-refractivity contribution < 1.29 is 4.74 Å². The van der Waals surface area contributed by atoms with E-state index in [0.29, 0.717) is 6.04 Å². The molecule has 1 saturated heterocycles. The monoisotopic (exact) mass is 303 g/mol. The number of anilines is 1. The number of benzene rings is 1. The van der Waals surface area contributed by atoms with Crippen molar-refractivity contribution in [1.82, 2.24) is 0 Å². The fraction of sp³-hybridized carbons (Fsp3) is 0.455. The SMILES string of the molecule is Ic1cccc(NC2CCOCC2)c1. The maximum Gasteiger partial charge on any atom is 0.0485 e. The zero-order valence-corrected chi connectivity index (χ0v) is 10.2. The van der Waals surface area contributed by atoms with Crippen LogP contribution in [0.15, 0.2) is 24.3 Å². The third-order valence-corrected chi connectivity index (χ3v) is 3.09. The molecule has 1 aliphatic rings. The number of hydrogen-bond acceptors (Lipinski definition) is 2. The van der Waals surface area contributed by atoms with Gasteiger partial charge in [-0.3, -0.25) is 0 Å². The predicted octanol–water partition coefficient (Wildman–Crippen LogP) is 2.88. The van der Waals surface area contributed by atoms with Crippen LogP contribution in [-0.2, 0) is 4.74 Å². The second kappa shape index (κ2) is 4.98. The van der Waals surface area contributed by atoms with E-state index in [9.17, 15) is 0 Å². The van der Waals surface area contributed by atoms with E-state index in [1.807, 2.05) is 0 Å². The van der Waals surface area contributed by atoms with Crippen LogP contribution in [0.2, 0.25) is 0 Å². The zero-order valence-electron chi connectivity index (χ0n) is 8.00. The maximum absolute atomic E-state index is 5.32. The van der Waals surface area contributed by atoms with Gasteiger partial charge >= 0.3 is 0 Å². The van der Waals surface area contributed by atoms with Gasteiger partial charge in [-0.15, -0.1) is 0 Å². The molecule has 0 saturated carbocycles. The molecule has 0 unspecified atom stereocenters. The average Bonchev–Trinajstić information content (AvgIpc) is 2.19. The molecule has 0 bridgehead atoms. The molecule has 1 N–H and O–H groups in total. The van der Waals surface area contributed by atoms with Crippen molar-refractivity contribution in [2.45, 2.75) is 18.9 Å². The molecule has 2 rings (SSSR count). The third kappa shape index (κ3) is 2.85. The van der Waals surface area contributed by atoms with Crippen molar-refractivity contribution in [3.8, 4) is 0 Å². The Bertz CT molecular complexity index is 297. The van der Waals surface area contributed by atoms with Crippen LogP contribution in [0.4, 0.5) is 5.69 Å². The predicted molar refractivity (Wildman–Crippen MR) is 66.6 cm³/mol. The van der Waals surface area contributed by atoms with Crippen LogP contribution in [-0.4, -0.2) is 19.3 Å². The normalized spacial score (nSPS) is 18.1. The molecule has 2 nitrogen and oxygen atoms in total. The van der Waals surface area contributed by atoms with Gasteiger partial charge in [-0.05, 0) is 53.6 Å². The van der Waals surface area contributed by atoms with Crippen molar-refractivity contribution in [1.29, 1.82) is 0 Å². The number of hydrogen-bond donors (Lipinski definition) is 1. The molecule has 14 heavy (non-hydrogen) atoms. The van der Waals surface area contributed by atoms with Crippen LogP contribution >= 0.6 is 22.6 Å². The Labute approximate surface area is 98.2 Å². The molecular formula is C11H14INO. The summed E-state index contributed by atoms with van der Waals surface area (Å²) in [7, 11) is 0. The quantitative estimate of drug-likeness (QED) is 0.848. The van der Waals surface area contributed by atoms with Gasteiger partial charge in [0, 0.05) is 28.5 Å². The highest BCUT2D eigenvalue weighted by Crippen LogP contribution is 2.17. The summed E-state index contributed by atoms with van der Waals surface area (Å²) in [5.41, 5.74) is 1.23. The molecule has 0 radical (unpaired) electrons. The first-order valence-corrected chi connectivity index (χ1v) is 6.02. The highest BCUT2D eigenvalue weighted by Gasteiger charge is 2.12. The number of ether oxygens (including phenoxy) is 1. The first-order valence-electron chi connectivity index (χ1n) is 4.94. The van der Waals surface area contributed by atoms with Crippen molar-refractivity contribution >= 4 is 28.3 Å². The minimum atomic E-state index is 0.585. The Balaban J connectivity index is 1.95. The van der Waals surface area contributed by atoms with Crippen LogP contribution in [0.25, 0.3) is 0 Å². The zero-order chi connectivity index (χ0) is 9.80. The second-order valence-electron chi connectivity index (χ2n) is 3.54. The summed E-state index contributed by atoms with van der Waals surface area (Å²) in [6.45, 7) is 1.78. The molecule has 1 aromatic carbocycles. The summed E-state index contributed by atoms with van der Waals surface area (Å²) in [6.07, 6.45) is 2.23. The van der Waals surface area contributed by atoms with Crippen molar-refractivity contribution in [2.75, 3.05) is 18.5 Å². The number of nitrogens with one attached hydrogen (secondary N) is 1. The summed E-state index contributed by atoms with van der Waals surface area (Å²) in [5.74, 6) is 0. The Morgan fingerprint density at radius 1 is 1.29 bits per heavy atom. The van der Waals surface area contributed by atoms with Gasteiger partial charge in [-0.25, -0.2) is 0 Å². The minimum absolute atomic E-state index is 0.585. The van der Waals surface area contributed by atoms with Crippen LogP contribution in [0.1, 0.15) is 12.8 Å². The lowest BCUT2D eigenvalue weighted by atomic mass is 10.1. The smallest absolute Gasteiger partial charge is 0.0485 e. The van der Waals surface area contributed by atoms with Gasteiger partial charge in [0.2, 0.25) is 0 Å². The second-order valence-corrected chi connectivity index (χ2v) is 4.79. The molecule has 0 aromatic heterocycles. The van der Waals surface area contributed by atoms with Crippen LogP contribution in [0.5, 0.6) is 0 Å². The molecule has 76 valence electrons. The van der Waals surface area contributed by atoms with Crippen LogP contribution < -0.4 is 5.32 Å². The molecule has 0 aliphatic carbocycles. The largest absolute Gasteiger partial charge is 0.382 e. The average molecular weight is 303 g/mol. The van der Waals surface area contributed by atoms with Crippen molar-refractivity contribution in [3.05, 3.63) is 27.8 Å². The van der Waals surface area contributed by atoms with Gasteiger partial charge in [-0.1, -0.05) is 6.07 Å². The molecular weight excluding hydrogens is 289 g/mol. The first-order chi connectivity index (χ1) is 6.84. The lowest BCUT2D eigenvalue weighted by Crippen LogP contribution is -2.27. The van der Waals surface area contributed by atoms with E-state index in [1.165, 1.54) is 9.26 Å². The fourth-order valence-corrected chi connectivity index (χ4v) is 2.20. The van der Waals surface area contributed by atoms with E-state index in [4.69, 9.17) is 4.74 Å². The molecule has 1 aliphatic heterocycles. The van der Waals surface area contributed by atoms with Gasteiger partial charge in [0.15, 0.2) is 0 Å². The fourth-order valence-electron chi connectivity index (χ4n) is 1.66. The Kier molecular flexibility index (Phi) is 3.64. The summed E-state index contributed by atoms with van der Waals surface area (Å²) < 4.78 is 6.60. The Morgan fingerprint density at radius 2 is 2.07 bits per heavy atom. The summed E-state index contributed by atoms with van der Waals surface area (Å²) in [5, 5.41) is 3.54. The van der Waals surface area contributed by atoms with Crippen molar-refractivity contribution in [2.24, 2.45) is 0 Å². The van der Waals surface area contributed by atoms with E-state index in [-0.39, 0.29) is 0 Å². The highest BCUT2D eigenvalue weighted by molar-refractivity contribution is 14.1. The molecule has 0 atom stereocenters. The van der Waals surface area contributed by atoms with Gasteiger partial charge in [0.25, 0.3) is 0 Å². The molecule has 1 heterocycles. The number of rotatable bonds is 2. The van der Waals surface area contributed by atoms with Crippen molar-refractivity contribution in [3.63, 3.8) is 0 Å². The van der Waals surface area contributed by atoms with Gasteiger partial charge in [-0.2, -0.15) is 0 Å². The topological polar surface area (TPSA) is 21.3 Å². The van der Waals surface area contributed by atoms with Gasteiger partial charge in [0.05, 0.1) is 0 Å². The van der Waals surface area contributed by atoms with E-state index in [2.05, 4.69) is 52.2 Å². The maximum atomic E-state index is 5.32. The molecule has 0 spiro atoms. The van der Waals surface area contributed by atoms with Crippen LogP contribution in [0.3, 0.4) is 0 Å². The standard InChI is InChI=1S/C11H14INO/c12-9-2-1-3-11(8-9)13-10-4-6-14-7-5-10/h1-3,8,10,13H,4-7H2. The lowest BCUT2D eigenvalue weighted by molar-refractivity contribution is 0.0904. The molecule has 3 heteroatoms. The van der Waals surface area contributed by atoms with E-state index in [1.54, 1.807) is 0 Å². The van der Waals surface area contributed by atoms with Crippen LogP contribution in [0, 0.1) is 3.57 Å². The Hall–Kier alpha value is -0.290. The minimum Gasteiger partial charge on any atom is -0.382 e. The third-order valence-electron chi connectivity index (χ3n) is 2.42. The van der Waals surface area contributed by atoms with Gasteiger partial charge in [0.1, 0.15) is 0 Å². The van der Waals surface area contributed by atoms with E-state index in [0.717, 1.165) is 26.1 Å². The molecule has 0 amide bonds. The number of halogens is 1. The van der Waals surface area contributed by atoms with E-state index >= 15 is 0 Å². The lowest BCUT2D eigenvalue weighted by Gasteiger charge is -2.24. The molecule has 1 fully saturated rings. The first kappa shape index (κ1) is 10.2. The Morgan fingerprint density at radius 3 is 2.79 bits per heavy atom. The van der Waals surface area contributed by atoms with E-state index < -0.39 is 0 Å². The highest BCUT2D eigenvalue weighted by atomic mass is 127. The summed E-state index contributed by atoms with van der Waals surface area (Å²) in [4.78, 5) is 0. The summed E-state index contributed by atoms with van der Waals surface area (Å²) >= 11 is 2.33.